The van der Waals surface area contributed by atoms with Gasteiger partial charge in [-0.05, 0) is 38.5 Å². The molecule has 5 nitrogen and oxygen atoms in total. The molecule has 0 aliphatic rings. The zero-order valence-corrected chi connectivity index (χ0v) is 14.1. The van der Waals surface area contributed by atoms with Crippen molar-refractivity contribution in [3.05, 3.63) is 28.8 Å². The van der Waals surface area contributed by atoms with Gasteiger partial charge in [-0.1, -0.05) is 18.5 Å². The standard InChI is InChI=1S/C16H25ClN2O3/c1-4-11(3)19-9-13(20)10-22-15-7-6-12(8-14(15)17)16(21)18-5-2/h6-8,11,13,19-20H,4-5,9-10H2,1-3H3,(H,18,21)/t11-,13-/m0/s1. The van der Waals surface area contributed by atoms with Crippen LogP contribution in [-0.4, -0.2) is 42.9 Å². The van der Waals surface area contributed by atoms with E-state index >= 15 is 0 Å². The molecule has 1 aromatic rings. The van der Waals surface area contributed by atoms with Gasteiger partial charge in [0.05, 0.1) is 5.02 Å². The number of benzene rings is 1. The van der Waals surface area contributed by atoms with E-state index in [4.69, 9.17) is 16.3 Å². The van der Waals surface area contributed by atoms with Gasteiger partial charge in [0.25, 0.3) is 5.91 Å². The van der Waals surface area contributed by atoms with Crippen molar-refractivity contribution < 1.29 is 14.6 Å². The summed E-state index contributed by atoms with van der Waals surface area (Å²) in [5.74, 6) is 0.283. The Morgan fingerprint density at radius 1 is 1.41 bits per heavy atom. The van der Waals surface area contributed by atoms with Gasteiger partial charge in [-0.3, -0.25) is 4.79 Å². The highest BCUT2D eigenvalue weighted by Gasteiger charge is 2.11. The number of nitrogens with one attached hydrogen (secondary N) is 2. The molecular formula is C16H25ClN2O3. The second-order valence-corrected chi connectivity index (χ2v) is 5.59. The van der Waals surface area contributed by atoms with Crippen LogP contribution in [0.1, 0.15) is 37.6 Å². The Hall–Kier alpha value is -1.30. The van der Waals surface area contributed by atoms with Crippen LogP contribution >= 0.6 is 11.6 Å². The lowest BCUT2D eigenvalue weighted by Gasteiger charge is -2.17. The van der Waals surface area contributed by atoms with Crippen LogP contribution in [0, 0.1) is 0 Å². The number of amides is 1. The molecule has 0 aliphatic carbocycles. The fourth-order valence-electron chi connectivity index (χ4n) is 1.75. The molecule has 2 atom stereocenters. The molecule has 0 bridgehead atoms. The largest absolute Gasteiger partial charge is 0.489 e. The number of rotatable bonds is 9. The molecule has 0 aliphatic heterocycles. The van der Waals surface area contributed by atoms with E-state index < -0.39 is 6.10 Å². The number of halogens is 1. The number of ether oxygens (including phenoxy) is 1. The normalized spacial score (nSPS) is 13.5. The number of hydrogen-bond acceptors (Lipinski definition) is 4. The van der Waals surface area contributed by atoms with Crippen molar-refractivity contribution in [1.82, 2.24) is 10.6 Å². The number of hydrogen-bond donors (Lipinski definition) is 3. The van der Waals surface area contributed by atoms with Gasteiger partial charge in [0.2, 0.25) is 0 Å². The summed E-state index contributed by atoms with van der Waals surface area (Å²) in [6, 6.07) is 5.21. The van der Waals surface area contributed by atoms with E-state index in [-0.39, 0.29) is 12.5 Å². The minimum Gasteiger partial charge on any atom is -0.489 e. The van der Waals surface area contributed by atoms with Gasteiger partial charge in [0.1, 0.15) is 18.5 Å². The molecule has 0 heterocycles. The van der Waals surface area contributed by atoms with Crippen LogP contribution in [0.4, 0.5) is 0 Å². The molecule has 0 saturated carbocycles. The molecular weight excluding hydrogens is 304 g/mol. The SMILES string of the molecule is CCNC(=O)c1ccc(OC[C@@H](O)CN[C@@H](C)CC)c(Cl)c1. The predicted molar refractivity (Wildman–Crippen MR) is 88.7 cm³/mol. The maximum Gasteiger partial charge on any atom is 0.251 e. The van der Waals surface area contributed by atoms with Crippen molar-refractivity contribution in [3.63, 3.8) is 0 Å². The Morgan fingerprint density at radius 3 is 2.73 bits per heavy atom. The zero-order valence-electron chi connectivity index (χ0n) is 13.4. The predicted octanol–water partition coefficient (Wildman–Crippen LogP) is 2.22. The van der Waals surface area contributed by atoms with Crippen LogP contribution in [-0.2, 0) is 0 Å². The summed E-state index contributed by atoms with van der Waals surface area (Å²) < 4.78 is 5.51. The maximum atomic E-state index is 11.7. The monoisotopic (exact) mass is 328 g/mol. The second kappa shape index (κ2) is 9.66. The summed E-state index contributed by atoms with van der Waals surface area (Å²) >= 11 is 6.10. The lowest BCUT2D eigenvalue weighted by atomic mass is 10.2. The molecule has 0 unspecified atom stereocenters. The molecule has 124 valence electrons. The van der Waals surface area contributed by atoms with Gasteiger partial charge in [0, 0.05) is 24.7 Å². The van der Waals surface area contributed by atoms with E-state index in [9.17, 15) is 9.90 Å². The van der Waals surface area contributed by atoms with E-state index in [2.05, 4.69) is 24.5 Å². The van der Waals surface area contributed by atoms with Crippen LogP contribution in [0.2, 0.25) is 5.02 Å². The number of aliphatic hydroxyl groups excluding tert-OH is 1. The van der Waals surface area contributed by atoms with Gasteiger partial charge in [-0.2, -0.15) is 0 Å². The molecule has 22 heavy (non-hydrogen) atoms. The molecule has 0 aromatic heterocycles. The molecule has 0 radical (unpaired) electrons. The minimum atomic E-state index is -0.617. The molecule has 0 fully saturated rings. The molecule has 1 aromatic carbocycles. The van der Waals surface area contributed by atoms with Gasteiger partial charge in [0.15, 0.2) is 0 Å². The fourth-order valence-corrected chi connectivity index (χ4v) is 1.98. The minimum absolute atomic E-state index is 0.143. The van der Waals surface area contributed by atoms with Gasteiger partial charge in [-0.25, -0.2) is 0 Å². The van der Waals surface area contributed by atoms with Crippen molar-refractivity contribution in [1.29, 1.82) is 0 Å². The first kappa shape index (κ1) is 18.7. The Labute approximate surface area is 137 Å². The van der Waals surface area contributed by atoms with Crippen molar-refractivity contribution in [2.24, 2.45) is 0 Å². The van der Waals surface area contributed by atoms with Crippen LogP contribution < -0.4 is 15.4 Å². The highest BCUT2D eigenvalue weighted by molar-refractivity contribution is 6.32. The first-order chi connectivity index (χ1) is 10.5. The number of carbonyl (C=O) groups is 1. The van der Waals surface area contributed by atoms with Gasteiger partial charge in [-0.15, -0.1) is 0 Å². The van der Waals surface area contributed by atoms with Gasteiger partial charge >= 0.3 is 0 Å². The van der Waals surface area contributed by atoms with E-state index in [1.54, 1.807) is 18.2 Å². The summed E-state index contributed by atoms with van der Waals surface area (Å²) in [6.45, 7) is 7.16. The first-order valence-corrected chi connectivity index (χ1v) is 7.97. The second-order valence-electron chi connectivity index (χ2n) is 5.19. The van der Waals surface area contributed by atoms with E-state index in [0.29, 0.717) is 35.5 Å². The molecule has 0 spiro atoms. The molecule has 0 saturated heterocycles. The third kappa shape index (κ3) is 6.22. The number of carbonyl (C=O) groups excluding carboxylic acids is 1. The van der Waals surface area contributed by atoms with Crippen molar-refractivity contribution in [2.75, 3.05) is 19.7 Å². The smallest absolute Gasteiger partial charge is 0.251 e. The summed E-state index contributed by atoms with van der Waals surface area (Å²) in [5.41, 5.74) is 0.484. The molecule has 1 amide bonds. The molecule has 6 heteroatoms. The molecule has 1 rings (SSSR count). The quantitative estimate of drug-likeness (QED) is 0.650. The van der Waals surface area contributed by atoms with Crippen molar-refractivity contribution >= 4 is 17.5 Å². The lowest BCUT2D eigenvalue weighted by molar-refractivity contribution is 0.0954. The fraction of sp³-hybridized carbons (Fsp3) is 0.562. The van der Waals surface area contributed by atoms with E-state index in [1.165, 1.54) is 0 Å². The van der Waals surface area contributed by atoms with Crippen molar-refractivity contribution in [3.8, 4) is 5.75 Å². The average molecular weight is 329 g/mol. The van der Waals surface area contributed by atoms with Gasteiger partial charge < -0.3 is 20.5 Å². The highest BCUT2D eigenvalue weighted by atomic mass is 35.5. The Bertz CT molecular complexity index is 482. The van der Waals surface area contributed by atoms with Crippen LogP contribution in [0.15, 0.2) is 18.2 Å². The third-order valence-electron chi connectivity index (χ3n) is 3.28. The summed E-state index contributed by atoms with van der Waals surface area (Å²) in [7, 11) is 0. The highest BCUT2D eigenvalue weighted by Crippen LogP contribution is 2.25. The Balaban J connectivity index is 2.51. The topological polar surface area (TPSA) is 70.6 Å². The Kier molecular flexibility index (Phi) is 8.24. The van der Waals surface area contributed by atoms with E-state index in [1.807, 2.05) is 6.92 Å². The third-order valence-corrected chi connectivity index (χ3v) is 3.57. The van der Waals surface area contributed by atoms with Crippen molar-refractivity contribution in [2.45, 2.75) is 39.3 Å². The summed E-state index contributed by atoms with van der Waals surface area (Å²) in [4.78, 5) is 11.7. The maximum absolute atomic E-state index is 11.7. The number of aliphatic hydroxyl groups is 1. The average Bonchev–Trinajstić information content (AvgIpc) is 2.51. The lowest BCUT2D eigenvalue weighted by Crippen LogP contribution is -2.36. The van der Waals surface area contributed by atoms with Crippen LogP contribution in [0.25, 0.3) is 0 Å². The Morgan fingerprint density at radius 2 is 2.14 bits per heavy atom. The first-order valence-electron chi connectivity index (χ1n) is 7.59. The summed E-state index contributed by atoms with van der Waals surface area (Å²) in [5, 5.41) is 16.1. The van der Waals surface area contributed by atoms with Crippen LogP contribution in [0.3, 0.4) is 0 Å². The van der Waals surface area contributed by atoms with E-state index in [0.717, 1.165) is 6.42 Å². The van der Waals surface area contributed by atoms with Crippen LogP contribution in [0.5, 0.6) is 5.75 Å². The zero-order chi connectivity index (χ0) is 16.5. The summed E-state index contributed by atoms with van der Waals surface area (Å²) in [6.07, 6.45) is 0.383. The molecule has 3 N–H and O–H groups in total.